The smallest absolute Gasteiger partial charge is 0.137 e. The zero-order chi connectivity index (χ0) is 16.4. The highest BCUT2D eigenvalue weighted by Crippen LogP contribution is 2.39. The van der Waals surface area contributed by atoms with E-state index in [2.05, 4.69) is 4.72 Å². The van der Waals surface area contributed by atoms with Gasteiger partial charge < -0.3 is 14.0 Å². The summed E-state index contributed by atoms with van der Waals surface area (Å²) in [5.74, 6) is 1.30. The summed E-state index contributed by atoms with van der Waals surface area (Å²) in [6.07, 6.45) is 3.80. The quantitative estimate of drug-likeness (QED) is 0.844. The molecule has 23 heavy (non-hydrogen) atoms. The Morgan fingerprint density at radius 2 is 1.96 bits per heavy atom. The summed E-state index contributed by atoms with van der Waals surface area (Å²) in [5, 5.41) is 0.672. The molecule has 0 fully saturated rings. The van der Waals surface area contributed by atoms with Gasteiger partial charge in [-0.05, 0) is 54.5 Å². The van der Waals surface area contributed by atoms with Gasteiger partial charge in [0.15, 0.2) is 0 Å². The number of halogens is 1. The van der Waals surface area contributed by atoms with Gasteiger partial charge in [-0.25, -0.2) is 0 Å². The van der Waals surface area contributed by atoms with Gasteiger partial charge in [-0.3, -0.25) is 4.21 Å². The van der Waals surface area contributed by atoms with Crippen molar-refractivity contribution in [2.75, 3.05) is 4.72 Å². The van der Waals surface area contributed by atoms with Crippen LogP contribution in [0.4, 0.5) is 5.69 Å². The molecule has 0 amide bonds. The summed E-state index contributed by atoms with van der Waals surface area (Å²) < 4.78 is 29.7. The predicted molar refractivity (Wildman–Crippen MR) is 91.9 cm³/mol. The van der Waals surface area contributed by atoms with Crippen molar-refractivity contribution in [2.45, 2.75) is 6.92 Å². The number of allylic oxidation sites excluding steroid dienone is 2. The summed E-state index contributed by atoms with van der Waals surface area (Å²) >= 11 is 3.58. The second-order valence-corrected chi connectivity index (χ2v) is 6.02. The topological polar surface area (TPSA) is 61.4 Å². The van der Waals surface area contributed by atoms with Crippen LogP contribution < -0.4 is 9.46 Å². The van der Waals surface area contributed by atoms with Gasteiger partial charge in [0.2, 0.25) is 0 Å². The molecule has 1 unspecified atom stereocenters. The lowest BCUT2D eigenvalue weighted by molar-refractivity contribution is 0.438. The fraction of sp³-hybridized carbons (Fsp3) is 0.0588. The van der Waals surface area contributed by atoms with Crippen LogP contribution in [0.15, 0.2) is 60.4 Å². The van der Waals surface area contributed by atoms with Crippen LogP contribution >= 0.6 is 11.6 Å². The largest absolute Gasteiger partial charge is 0.755 e. The molecular formula is C17H13ClNO3S-. The lowest BCUT2D eigenvalue weighted by Gasteiger charge is -2.22. The molecule has 2 aromatic carbocycles. The lowest BCUT2D eigenvalue weighted by Crippen LogP contribution is -2.07. The zero-order valence-corrected chi connectivity index (χ0v) is 13.8. The van der Waals surface area contributed by atoms with E-state index < -0.39 is 11.3 Å². The zero-order valence-electron chi connectivity index (χ0n) is 12.2. The predicted octanol–water partition coefficient (Wildman–Crippen LogP) is 4.27. The SMILES string of the molecule is C/C=C1/C=C(c2ccc(Cl)cc2)c2ccc(NS(=O)[O-])cc2O1. The Labute approximate surface area is 141 Å². The van der Waals surface area contributed by atoms with Crippen molar-refractivity contribution in [1.82, 2.24) is 0 Å². The number of rotatable bonds is 3. The van der Waals surface area contributed by atoms with Gasteiger partial charge in [-0.1, -0.05) is 23.7 Å². The molecule has 1 N–H and O–H groups in total. The number of anilines is 1. The molecule has 0 saturated carbocycles. The number of hydrogen-bond donors (Lipinski definition) is 1. The maximum atomic E-state index is 10.8. The van der Waals surface area contributed by atoms with E-state index in [4.69, 9.17) is 16.3 Å². The highest BCUT2D eigenvalue weighted by Gasteiger charge is 2.18. The fourth-order valence-electron chi connectivity index (χ4n) is 2.38. The number of nitrogens with one attached hydrogen (secondary N) is 1. The molecule has 0 saturated heterocycles. The standard InChI is InChI=1S/C17H14ClNO3S/c1-2-14-10-16(11-3-5-12(18)6-4-11)15-8-7-13(19-23(20)21)9-17(15)22-14/h2-10,19H,1H3,(H,20,21)/p-1/b14-2-. The average molecular weight is 347 g/mol. The van der Waals surface area contributed by atoms with Crippen LogP contribution in [0.25, 0.3) is 5.57 Å². The van der Waals surface area contributed by atoms with E-state index in [0.717, 1.165) is 16.7 Å². The molecule has 1 aliphatic heterocycles. The number of hydrogen-bond acceptors (Lipinski definition) is 3. The van der Waals surface area contributed by atoms with Gasteiger partial charge in [-0.15, -0.1) is 0 Å². The molecule has 118 valence electrons. The minimum Gasteiger partial charge on any atom is -0.755 e. The molecule has 0 bridgehead atoms. The summed E-state index contributed by atoms with van der Waals surface area (Å²) in [4.78, 5) is 0. The van der Waals surface area contributed by atoms with E-state index in [-0.39, 0.29) is 0 Å². The van der Waals surface area contributed by atoms with Gasteiger partial charge in [0.1, 0.15) is 11.5 Å². The molecular weight excluding hydrogens is 334 g/mol. The third kappa shape index (κ3) is 3.47. The van der Waals surface area contributed by atoms with Crippen molar-refractivity contribution < 1.29 is 13.5 Å². The van der Waals surface area contributed by atoms with Crippen molar-refractivity contribution in [3.05, 3.63) is 76.5 Å². The maximum Gasteiger partial charge on any atom is 0.137 e. The minimum atomic E-state index is -2.37. The van der Waals surface area contributed by atoms with E-state index in [1.807, 2.05) is 49.4 Å². The molecule has 6 heteroatoms. The molecule has 3 rings (SSSR count). The van der Waals surface area contributed by atoms with Crippen LogP contribution in [0.5, 0.6) is 5.75 Å². The van der Waals surface area contributed by atoms with Gasteiger partial charge in [-0.2, -0.15) is 0 Å². The molecule has 0 aliphatic carbocycles. The van der Waals surface area contributed by atoms with E-state index in [1.165, 1.54) is 0 Å². The summed E-state index contributed by atoms with van der Waals surface area (Å²) in [6, 6.07) is 12.7. The second-order valence-electron chi connectivity index (χ2n) is 4.91. The summed E-state index contributed by atoms with van der Waals surface area (Å²) in [5.41, 5.74) is 3.34. The van der Waals surface area contributed by atoms with Crippen molar-refractivity contribution in [2.24, 2.45) is 0 Å². The Hall–Kier alpha value is -2.08. The normalized spacial score (nSPS) is 16.3. The number of fused-ring (bicyclic) bond motifs is 1. The summed E-state index contributed by atoms with van der Waals surface area (Å²) in [7, 11) is 0. The van der Waals surface area contributed by atoms with Crippen LogP contribution in [0, 0.1) is 0 Å². The van der Waals surface area contributed by atoms with Gasteiger partial charge in [0.05, 0.1) is 0 Å². The Kier molecular flexibility index (Phi) is 4.52. The first kappa shape index (κ1) is 15.8. The highest BCUT2D eigenvalue weighted by molar-refractivity contribution is 7.80. The van der Waals surface area contributed by atoms with E-state index in [1.54, 1.807) is 12.1 Å². The van der Waals surface area contributed by atoms with Crippen molar-refractivity contribution >= 4 is 34.1 Å². The van der Waals surface area contributed by atoms with Gasteiger partial charge in [0, 0.05) is 33.6 Å². The highest BCUT2D eigenvalue weighted by atomic mass is 35.5. The van der Waals surface area contributed by atoms with Crippen molar-refractivity contribution in [3.63, 3.8) is 0 Å². The van der Waals surface area contributed by atoms with Crippen LogP contribution in [-0.4, -0.2) is 8.76 Å². The first-order valence-electron chi connectivity index (χ1n) is 6.89. The Balaban J connectivity index is 2.08. The molecule has 0 spiro atoms. The Morgan fingerprint density at radius 1 is 1.22 bits per heavy atom. The molecule has 1 aliphatic rings. The van der Waals surface area contributed by atoms with Crippen LogP contribution in [-0.2, 0) is 11.3 Å². The van der Waals surface area contributed by atoms with Crippen molar-refractivity contribution in [1.29, 1.82) is 0 Å². The number of ether oxygens (including phenoxy) is 1. The van der Waals surface area contributed by atoms with Crippen LogP contribution in [0.1, 0.15) is 18.1 Å². The van der Waals surface area contributed by atoms with Crippen molar-refractivity contribution in [3.8, 4) is 5.75 Å². The Bertz CT molecular complexity index is 828. The number of benzene rings is 2. The molecule has 4 nitrogen and oxygen atoms in total. The molecule has 0 aromatic heterocycles. The second kappa shape index (κ2) is 6.58. The first-order valence-corrected chi connectivity index (χ1v) is 8.34. The minimum absolute atomic E-state index is 0.449. The monoisotopic (exact) mass is 346 g/mol. The van der Waals surface area contributed by atoms with Gasteiger partial charge in [0.25, 0.3) is 0 Å². The molecule has 2 aromatic rings. The van der Waals surface area contributed by atoms with E-state index >= 15 is 0 Å². The third-order valence-electron chi connectivity index (χ3n) is 3.43. The lowest BCUT2D eigenvalue weighted by atomic mass is 9.94. The first-order chi connectivity index (χ1) is 11.1. The molecule has 1 atom stereocenters. The maximum absolute atomic E-state index is 10.8. The van der Waals surface area contributed by atoms with Gasteiger partial charge >= 0.3 is 0 Å². The average Bonchev–Trinajstić information content (AvgIpc) is 2.53. The van der Waals surface area contributed by atoms with Crippen LogP contribution in [0.3, 0.4) is 0 Å². The molecule has 1 heterocycles. The third-order valence-corrected chi connectivity index (χ3v) is 4.08. The van der Waals surface area contributed by atoms with E-state index in [9.17, 15) is 8.76 Å². The van der Waals surface area contributed by atoms with Crippen LogP contribution in [0.2, 0.25) is 5.02 Å². The summed E-state index contributed by atoms with van der Waals surface area (Å²) in [6.45, 7) is 1.88. The Morgan fingerprint density at radius 3 is 2.61 bits per heavy atom. The molecule has 0 radical (unpaired) electrons. The fourth-order valence-corrected chi connectivity index (χ4v) is 2.82. The van der Waals surface area contributed by atoms with E-state index in [0.29, 0.717) is 22.2 Å².